The largest absolute Gasteiger partial charge is 0.479 e. The van der Waals surface area contributed by atoms with Gasteiger partial charge in [0.1, 0.15) is 0 Å². The van der Waals surface area contributed by atoms with E-state index >= 15 is 0 Å². The molecule has 19 heavy (non-hydrogen) atoms. The van der Waals surface area contributed by atoms with Crippen molar-refractivity contribution in [3.63, 3.8) is 0 Å². The van der Waals surface area contributed by atoms with E-state index in [0.29, 0.717) is 25.6 Å². The Kier molecular flexibility index (Phi) is 8.90. The highest BCUT2D eigenvalue weighted by atomic mass is 16.5. The van der Waals surface area contributed by atoms with E-state index in [1.54, 1.807) is 12.0 Å². The lowest BCUT2D eigenvalue weighted by Crippen LogP contribution is -2.44. The first-order valence-corrected chi connectivity index (χ1v) is 6.31. The highest BCUT2D eigenvalue weighted by molar-refractivity contribution is 5.74. The van der Waals surface area contributed by atoms with Crippen molar-refractivity contribution in [2.24, 2.45) is 5.92 Å². The molecule has 0 rings (SSSR count). The van der Waals surface area contributed by atoms with Crippen molar-refractivity contribution in [3.05, 3.63) is 0 Å². The number of nitrogens with zero attached hydrogens (tertiary/aromatic N) is 1. The lowest BCUT2D eigenvalue weighted by Gasteiger charge is -2.24. The molecule has 0 fully saturated rings. The van der Waals surface area contributed by atoms with Crippen LogP contribution in [0.2, 0.25) is 0 Å². The number of rotatable bonds is 9. The van der Waals surface area contributed by atoms with Crippen molar-refractivity contribution < 1.29 is 24.5 Å². The van der Waals surface area contributed by atoms with E-state index in [4.69, 9.17) is 14.9 Å². The molecule has 0 aromatic heterocycles. The molecule has 7 heteroatoms. The molecule has 1 unspecified atom stereocenters. The smallest absolute Gasteiger partial charge is 0.332 e. The number of hydrogen-bond donors (Lipinski definition) is 3. The summed E-state index contributed by atoms with van der Waals surface area (Å²) in [5.41, 5.74) is 0. The van der Waals surface area contributed by atoms with Crippen LogP contribution in [0.3, 0.4) is 0 Å². The predicted molar refractivity (Wildman–Crippen MR) is 69.9 cm³/mol. The summed E-state index contributed by atoms with van der Waals surface area (Å²) < 4.78 is 4.94. The summed E-state index contributed by atoms with van der Waals surface area (Å²) >= 11 is 0. The number of aliphatic hydroxyl groups excluding tert-OH is 1. The van der Waals surface area contributed by atoms with Gasteiger partial charge in [0.15, 0.2) is 6.10 Å². The summed E-state index contributed by atoms with van der Waals surface area (Å²) in [6.07, 6.45) is -1.46. The van der Waals surface area contributed by atoms with E-state index < -0.39 is 12.1 Å². The molecule has 0 aromatic carbocycles. The Hall–Kier alpha value is -1.34. The molecule has 3 N–H and O–H groups in total. The summed E-state index contributed by atoms with van der Waals surface area (Å²) in [5, 5.41) is 20.2. The number of urea groups is 1. The average molecular weight is 276 g/mol. The number of hydrogen-bond acceptors (Lipinski definition) is 4. The molecule has 0 aromatic rings. The number of aliphatic hydroxyl groups is 1. The minimum atomic E-state index is -1.45. The third kappa shape index (κ3) is 8.39. The molecule has 0 heterocycles. The van der Waals surface area contributed by atoms with E-state index in [1.807, 2.05) is 13.8 Å². The van der Waals surface area contributed by atoms with Gasteiger partial charge in [-0.3, -0.25) is 0 Å². The molecule has 0 aliphatic heterocycles. The van der Waals surface area contributed by atoms with Gasteiger partial charge in [0.25, 0.3) is 0 Å². The Morgan fingerprint density at radius 2 is 2.00 bits per heavy atom. The van der Waals surface area contributed by atoms with Crippen LogP contribution >= 0.6 is 0 Å². The number of nitrogens with one attached hydrogen (secondary N) is 1. The topological polar surface area (TPSA) is 99.1 Å². The number of carbonyl (C=O) groups is 2. The number of carboxylic acids is 1. The van der Waals surface area contributed by atoms with Crippen molar-refractivity contribution in [1.29, 1.82) is 0 Å². The normalized spacial score (nSPS) is 12.3. The Morgan fingerprint density at radius 3 is 2.47 bits per heavy atom. The average Bonchev–Trinajstić information content (AvgIpc) is 2.33. The van der Waals surface area contributed by atoms with Gasteiger partial charge < -0.3 is 25.2 Å². The first-order chi connectivity index (χ1) is 8.88. The van der Waals surface area contributed by atoms with Crippen LogP contribution in [0.1, 0.15) is 20.3 Å². The van der Waals surface area contributed by atoms with Crippen molar-refractivity contribution in [3.8, 4) is 0 Å². The van der Waals surface area contributed by atoms with Crippen LogP contribution in [0.25, 0.3) is 0 Å². The second-order valence-corrected chi connectivity index (χ2v) is 4.71. The molecule has 0 bridgehead atoms. The van der Waals surface area contributed by atoms with Gasteiger partial charge in [-0.15, -0.1) is 0 Å². The molecule has 112 valence electrons. The third-order valence-corrected chi connectivity index (χ3v) is 2.42. The highest BCUT2D eigenvalue weighted by Gasteiger charge is 2.16. The van der Waals surface area contributed by atoms with Crippen LogP contribution in [-0.2, 0) is 9.53 Å². The van der Waals surface area contributed by atoms with Crippen LogP contribution in [0.4, 0.5) is 4.79 Å². The van der Waals surface area contributed by atoms with Crippen LogP contribution in [0.5, 0.6) is 0 Å². The fourth-order valence-corrected chi connectivity index (χ4v) is 1.47. The van der Waals surface area contributed by atoms with Crippen molar-refractivity contribution in [2.75, 3.05) is 33.4 Å². The Bertz CT molecular complexity index is 283. The standard InChI is InChI=1S/C12H24N2O5/c1-9(2)8-14(6-7-19-3)12(18)13-5-4-10(15)11(16)17/h9-10,15H,4-8H2,1-3H3,(H,13,18)(H,16,17). The van der Waals surface area contributed by atoms with E-state index in [9.17, 15) is 9.59 Å². The van der Waals surface area contributed by atoms with Crippen LogP contribution < -0.4 is 5.32 Å². The number of ether oxygens (including phenoxy) is 1. The maximum atomic E-state index is 11.9. The molecule has 1 atom stereocenters. The van der Waals surface area contributed by atoms with Crippen molar-refractivity contribution in [1.82, 2.24) is 10.2 Å². The molecule has 0 spiro atoms. The maximum absolute atomic E-state index is 11.9. The quantitative estimate of drug-likeness (QED) is 0.556. The second-order valence-electron chi connectivity index (χ2n) is 4.71. The lowest BCUT2D eigenvalue weighted by atomic mass is 10.2. The minimum absolute atomic E-state index is 0.0130. The van der Waals surface area contributed by atoms with Crippen LogP contribution in [0, 0.1) is 5.92 Å². The van der Waals surface area contributed by atoms with E-state index in [-0.39, 0.29) is 19.0 Å². The summed E-state index contributed by atoms with van der Waals surface area (Å²) in [7, 11) is 1.56. The molecule has 0 aliphatic carbocycles. The van der Waals surface area contributed by atoms with Gasteiger partial charge in [-0.25, -0.2) is 9.59 Å². The van der Waals surface area contributed by atoms with Crippen molar-refractivity contribution >= 4 is 12.0 Å². The lowest BCUT2D eigenvalue weighted by molar-refractivity contribution is -0.146. The number of carbonyl (C=O) groups excluding carboxylic acids is 1. The predicted octanol–water partition coefficient (Wildman–Crippen LogP) is 0.136. The first kappa shape index (κ1) is 17.7. The van der Waals surface area contributed by atoms with Crippen LogP contribution in [0.15, 0.2) is 0 Å². The van der Waals surface area contributed by atoms with E-state index in [0.717, 1.165) is 0 Å². The van der Waals surface area contributed by atoms with Gasteiger partial charge in [0.2, 0.25) is 0 Å². The number of amides is 2. The molecular weight excluding hydrogens is 252 g/mol. The maximum Gasteiger partial charge on any atom is 0.332 e. The zero-order chi connectivity index (χ0) is 14.8. The molecule has 0 aliphatic rings. The van der Waals surface area contributed by atoms with E-state index in [1.165, 1.54) is 0 Å². The minimum Gasteiger partial charge on any atom is -0.479 e. The summed E-state index contributed by atoms with van der Waals surface area (Å²) in [4.78, 5) is 23.9. The molecule has 0 saturated carbocycles. The summed E-state index contributed by atoms with van der Waals surface area (Å²) in [6, 6.07) is -0.275. The molecule has 7 nitrogen and oxygen atoms in total. The van der Waals surface area contributed by atoms with Gasteiger partial charge in [-0.05, 0) is 5.92 Å². The number of carboxylic acid groups (broad SMARTS) is 1. The molecule has 0 saturated heterocycles. The second kappa shape index (κ2) is 9.57. The van der Waals surface area contributed by atoms with Gasteiger partial charge in [-0.2, -0.15) is 0 Å². The summed E-state index contributed by atoms with van der Waals surface area (Å²) in [6.45, 7) is 5.63. The Labute approximate surface area is 113 Å². The highest BCUT2D eigenvalue weighted by Crippen LogP contribution is 1.99. The van der Waals surface area contributed by atoms with Gasteiger partial charge in [0.05, 0.1) is 6.61 Å². The number of aliphatic carboxylic acids is 1. The van der Waals surface area contributed by atoms with E-state index in [2.05, 4.69) is 5.32 Å². The molecular formula is C12H24N2O5. The van der Waals surface area contributed by atoms with Crippen LogP contribution in [-0.4, -0.2) is 66.6 Å². The molecule has 2 amide bonds. The fourth-order valence-electron chi connectivity index (χ4n) is 1.47. The van der Waals surface area contributed by atoms with Gasteiger partial charge in [0, 0.05) is 33.2 Å². The van der Waals surface area contributed by atoms with Gasteiger partial charge >= 0.3 is 12.0 Å². The first-order valence-electron chi connectivity index (χ1n) is 6.31. The Balaban J connectivity index is 4.12. The third-order valence-electron chi connectivity index (χ3n) is 2.42. The number of methoxy groups -OCH3 is 1. The molecule has 0 radical (unpaired) electrons. The Morgan fingerprint density at radius 1 is 1.37 bits per heavy atom. The van der Waals surface area contributed by atoms with Gasteiger partial charge in [-0.1, -0.05) is 13.8 Å². The zero-order valence-electron chi connectivity index (χ0n) is 11.8. The SMILES string of the molecule is COCCN(CC(C)C)C(=O)NCCC(O)C(=O)O. The zero-order valence-corrected chi connectivity index (χ0v) is 11.8. The monoisotopic (exact) mass is 276 g/mol. The summed E-state index contributed by atoms with van der Waals surface area (Å²) in [5.74, 6) is -0.958. The fraction of sp³-hybridized carbons (Fsp3) is 0.833. The van der Waals surface area contributed by atoms with Crippen molar-refractivity contribution in [2.45, 2.75) is 26.4 Å².